The molecule has 0 bridgehead atoms. The molecule has 5 atom stereocenters. The summed E-state index contributed by atoms with van der Waals surface area (Å²) in [4.78, 5) is 4.25. The summed E-state index contributed by atoms with van der Waals surface area (Å²) in [5.74, 6) is -0.0100. The van der Waals surface area contributed by atoms with Gasteiger partial charge < -0.3 is 20.7 Å². The molecule has 0 saturated heterocycles. The molecule has 0 amide bonds. The molecule has 2 heterocycles. The Labute approximate surface area is 206 Å². The molecule has 2 fully saturated rings. The van der Waals surface area contributed by atoms with Gasteiger partial charge in [0.05, 0.1) is 29.0 Å². The molecule has 7 nitrogen and oxygen atoms in total. The minimum atomic E-state index is -0.824. The van der Waals surface area contributed by atoms with E-state index in [0.29, 0.717) is 35.6 Å². The molecular weight excluding hydrogens is 482 g/mol. The number of rotatable bonds is 5. The van der Waals surface area contributed by atoms with Crippen molar-refractivity contribution < 1.29 is 19.3 Å². The monoisotopic (exact) mass is 506 g/mol. The van der Waals surface area contributed by atoms with Gasteiger partial charge in [0.1, 0.15) is 11.9 Å². The lowest BCUT2D eigenvalue weighted by molar-refractivity contribution is 0.0120. The van der Waals surface area contributed by atoms with Crippen LogP contribution >= 0.6 is 23.2 Å². The molecule has 4 N–H and O–H groups in total. The van der Waals surface area contributed by atoms with Crippen LogP contribution in [0.5, 0.6) is 5.75 Å². The Morgan fingerprint density at radius 2 is 2.03 bits per heavy atom. The third-order valence-corrected chi connectivity index (χ3v) is 7.75. The Morgan fingerprint density at radius 1 is 1.24 bits per heavy atom. The van der Waals surface area contributed by atoms with Crippen LogP contribution in [-0.4, -0.2) is 36.7 Å². The molecular formula is C24H25Cl2FN4O3. The fourth-order valence-corrected chi connectivity index (χ4v) is 6.03. The number of fused-ring (bicyclic) bond motifs is 1. The largest absolute Gasteiger partial charge is 0.482 e. The average molecular weight is 507 g/mol. The van der Waals surface area contributed by atoms with Gasteiger partial charge >= 0.3 is 0 Å². The lowest BCUT2D eigenvalue weighted by atomic mass is 9.95. The molecule has 0 spiro atoms. The zero-order valence-electron chi connectivity index (χ0n) is 18.5. The van der Waals surface area contributed by atoms with Crippen molar-refractivity contribution >= 4 is 29.0 Å². The van der Waals surface area contributed by atoms with Crippen LogP contribution in [0.25, 0.3) is 11.1 Å². The van der Waals surface area contributed by atoms with Crippen molar-refractivity contribution in [1.29, 1.82) is 0 Å². The van der Waals surface area contributed by atoms with E-state index in [1.165, 1.54) is 12.1 Å². The van der Waals surface area contributed by atoms with Gasteiger partial charge in [-0.3, -0.25) is 4.68 Å². The average Bonchev–Trinajstić information content (AvgIpc) is 3.44. The lowest BCUT2D eigenvalue weighted by Gasteiger charge is -2.21. The van der Waals surface area contributed by atoms with Gasteiger partial charge in [-0.2, -0.15) is 5.10 Å². The predicted octanol–water partition coefficient (Wildman–Crippen LogP) is 4.95. The van der Waals surface area contributed by atoms with Crippen LogP contribution in [0.3, 0.4) is 0 Å². The first-order valence-corrected chi connectivity index (χ1v) is 11.9. The summed E-state index contributed by atoms with van der Waals surface area (Å²) in [6.45, 7) is 1.70. The molecule has 2 aliphatic carbocycles. The van der Waals surface area contributed by atoms with E-state index in [1.54, 1.807) is 25.4 Å². The van der Waals surface area contributed by atoms with Crippen LogP contribution in [0.15, 0.2) is 36.8 Å². The topological polar surface area (TPSA) is 106 Å². The van der Waals surface area contributed by atoms with Crippen LogP contribution in [0.4, 0.5) is 10.2 Å². The highest BCUT2D eigenvalue weighted by molar-refractivity contribution is 6.36. The predicted molar refractivity (Wildman–Crippen MR) is 127 cm³/mol. The van der Waals surface area contributed by atoms with Crippen molar-refractivity contribution in [2.24, 2.45) is 5.92 Å². The number of anilines is 1. The van der Waals surface area contributed by atoms with E-state index in [4.69, 9.17) is 33.7 Å². The number of nitrogen functional groups attached to an aromatic ring is 1. The molecule has 180 valence electrons. The zero-order chi connectivity index (χ0) is 24.2. The number of hydrogen-bond acceptors (Lipinski definition) is 6. The van der Waals surface area contributed by atoms with Crippen molar-refractivity contribution in [1.82, 2.24) is 14.8 Å². The Balaban J connectivity index is 1.36. The molecule has 34 heavy (non-hydrogen) atoms. The first kappa shape index (κ1) is 23.4. The van der Waals surface area contributed by atoms with Crippen molar-refractivity contribution in [3.63, 3.8) is 0 Å². The molecule has 4 unspecified atom stereocenters. The Morgan fingerprint density at radius 3 is 2.79 bits per heavy atom. The number of aliphatic hydroxyl groups is 2. The van der Waals surface area contributed by atoms with Crippen molar-refractivity contribution in [2.45, 2.75) is 56.5 Å². The van der Waals surface area contributed by atoms with Crippen LogP contribution in [0.2, 0.25) is 10.0 Å². The van der Waals surface area contributed by atoms with Gasteiger partial charge in [-0.25, -0.2) is 9.37 Å². The minimum absolute atomic E-state index is 0.0611. The Bertz CT molecular complexity index is 1240. The molecule has 2 aromatic heterocycles. The SMILES string of the molecule is C[C@@H](Oc1cc(-c2cnn(C3CC4CC(O)CC4(O)C3)c2)cnc1N)c1c(Cl)ccc(F)c1Cl. The number of hydrogen-bond donors (Lipinski definition) is 3. The first-order valence-electron chi connectivity index (χ1n) is 11.1. The second-order valence-corrected chi connectivity index (χ2v) is 10.1. The summed E-state index contributed by atoms with van der Waals surface area (Å²) < 4.78 is 21.8. The highest BCUT2D eigenvalue weighted by atomic mass is 35.5. The molecule has 1 aromatic carbocycles. The second-order valence-electron chi connectivity index (χ2n) is 9.32. The molecule has 0 radical (unpaired) electrons. The third kappa shape index (κ3) is 4.13. The van der Waals surface area contributed by atoms with Crippen molar-refractivity contribution in [2.75, 3.05) is 5.73 Å². The maximum atomic E-state index is 14.0. The molecule has 0 aliphatic heterocycles. The normalized spacial score (nSPS) is 27.1. The maximum absolute atomic E-state index is 14.0. The van der Waals surface area contributed by atoms with Crippen molar-refractivity contribution in [3.8, 4) is 16.9 Å². The molecule has 2 saturated carbocycles. The Hall–Kier alpha value is -2.39. The van der Waals surface area contributed by atoms with Gasteiger partial charge in [-0.1, -0.05) is 23.2 Å². The van der Waals surface area contributed by atoms with E-state index in [9.17, 15) is 14.6 Å². The number of benzene rings is 1. The smallest absolute Gasteiger partial charge is 0.166 e. The highest BCUT2D eigenvalue weighted by Gasteiger charge is 2.52. The third-order valence-electron chi connectivity index (χ3n) is 7.03. The molecule has 10 heteroatoms. The van der Waals surface area contributed by atoms with E-state index in [1.807, 2.05) is 10.9 Å². The summed E-state index contributed by atoms with van der Waals surface area (Å²) >= 11 is 12.3. The summed E-state index contributed by atoms with van der Waals surface area (Å²) in [5, 5.41) is 25.5. The lowest BCUT2D eigenvalue weighted by Crippen LogP contribution is -2.28. The molecule has 5 rings (SSSR count). The van der Waals surface area contributed by atoms with E-state index in [2.05, 4.69) is 10.1 Å². The van der Waals surface area contributed by atoms with Gasteiger partial charge in [0.2, 0.25) is 0 Å². The van der Waals surface area contributed by atoms with Crippen LogP contribution < -0.4 is 10.5 Å². The van der Waals surface area contributed by atoms with E-state index in [0.717, 1.165) is 17.5 Å². The highest BCUT2D eigenvalue weighted by Crippen LogP contribution is 2.51. The van der Waals surface area contributed by atoms with Gasteiger partial charge in [0, 0.05) is 40.5 Å². The summed E-state index contributed by atoms with van der Waals surface area (Å²) in [5.41, 5.74) is 7.10. The van der Waals surface area contributed by atoms with Gasteiger partial charge in [-0.05, 0) is 50.3 Å². The quantitative estimate of drug-likeness (QED) is 0.422. The Kier molecular flexibility index (Phi) is 5.96. The fourth-order valence-electron chi connectivity index (χ4n) is 5.35. The number of aromatic nitrogens is 3. The van der Waals surface area contributed by atoms with Crippen LogP contribution in [0, 0.1) is 11.7 Å². The van der Waals surface area contributed by atoms with Gasteiger partial charge in [-0.15, -0.1) is 0 Å². The van der Waals surface area contributed by atoms with E-state index < -0.39 is 23.6 Å². The number of nitrogens with two attached hydrogens (primary N) is 1. The number of ether oxygens (including phenoxy) is 1. The molecule has 3 aromatic rings. The minimum Gasteiger partial charge on any atom is -0.482 e. The summed E-state index contributed by atoms with van der Waals surface area (Å²) in [7, 11) is 0. The number of pyridine rings is 1. The number of halogens is 3. The maximum Gasteiger partial charge on any atom is 0.166 e. The number of nitrogens with zero attached hydrogens (tertiary/aromatic N) is 3. The second kappa shape index (κ2) is 8.68. The summed E-state index contributed by atoms with van der Waals surface area (Å²) in [6.07, 6.45) is 6.55. The standard InChI is InChI=1S/C24H25Cl2FN4O3/c1-12(21-18(25)2-3-19(27)22(21)26)34-20-4-13(9-29-23(20)28)14-10-30-31(11-14)16-5-15-6-17(32)8-24(15,33)7-16/h2-4,9-12,15-17,32-33H,5-8H2,1H3,(H2,28,29)/t12-,15?,16?,17?,24?/m1/s1. The molecule has 2 aliphatic rings. The summed E-state index contributed by atoms with van der Waals surface area (Å²) in [6, 6.07) is 4.44. The van der Waals surface area contributed by atoms with E-state index in [-0.39, 0.29) is 22.8 Å². The van der Waals surface area contributed by atoms with Crippen molar-refractivity contribution in [3.05, 3.63) is 58.2 Å². The zero-order valence-corrected chi connectivity index (χ0v) is 20.0. The van der Waals surface area contributed by atoms with Gasteiger partial charge in [0.25, 0.3) is 0 Å². The first-order chi connectivity index (χ1) is 16.1. The van der Waals surface area contributed by atoms with E-state index >= 15 is 0 Å². The van der Waals surface area contributed by atoms with Crippen LogP contribution in [-0.2, 0) is 0 Å². The van der Waals surface area contributed by atoms with Gasteiger partial charge in [0.15, 0.2) is 11.6 Å². The number of aliphatic hydroxyl groups excluding tert-OH is 1. The fraction of sp³-hybridized carbons (Fsp3) is 0.417. The van der Waals surface area contributed by atoms with Crippen LogP contribution in [0.1, 0.15) is 50.3 Å².